The third-order valence-corrected chi connectivity index (χ3v) is 10.0. The van der Waals surface area contributed by atoms with Crippen molar-refractivity contribution in [2.75, 3.05) is 37.5 Å². The van der Waals surface area contributed by atoms with Crippen molar-refractivity contribution in [3.05, 3.63) is 46.0 Å². The Morgan fingerprint density at radius 1 is 1.22 bits per heavy atom. The maximum absolute atomic E-state index is 13.9. The highest BCUT2D eigenvalue weighted by molar-refractivity contribution is 7.98. The second-order valence-corrected chi connectivity index (χ2v) is 12.7. The smallest absolute Gasteiger partial charge is 0.340 e. The highest BCUT2D eigenvalue weighted by Gasteiger charge is 2.38. The summed E-state index contributed by atoms with van der Waals surface area (Å²) in [6.07, 6.45) is -1.40. The summed E-state index contributed by atoms with van der Waals surface area (Å²) in [7, 11) is -2.40. The van der Waals surface area contributed by atoms with E-state index < -0.39 is 33.2 Å². The van der Waals surface area contributed by atoms with Crippen LogP contribution in [0.1, 0.15) is 26.4 Å². The number of carbonyl (C=O) groups excluding carboxylic acids is 1. The predicted octanol–water partition coefficient (Wildman–Crippen LogP) is 4.19. The Labute approximate surface area is 219 Å². The van der Waals surface area contributed by atoms with E-state index in [0.717, 1.165) is 41.6 Å². The minimum Gasteiger partial charge on any atom is -0.340 e. The molecule has 1 amide bonds. The summed E-state index contributed by atoms with van der Waals surface area (Å²) in [5.41, 5.74) is 1.35. The molecule has 4 heterocycles. The van der Waals surface area contributed by atoms with Crippen LogP contribution in [0.5, 0.6) is 0 Å². The number of thiophene rings is 1. The second kappa shape index (κ2) is 9.57. The predicted molar refractivity (Wildman–Crippen MR) is 136 cm³/mol. The Balaban J connectivity index is 1.61. The summed E-state index contributed by atoms with van der Waals surface area (Å²) in [5, 5.41) is 6.36. The number of rotatable bonds is 4. The van der Waals surface area contributed by atoms with Gasteiger partial charge in [-0.15, -0.1) is 23.1 Å². The number of fused-ring (bicyclic) bond motifs is 2. The van der Waals surface area contributed by atoms with Crippen molar-refractivity contribution in [2.45, 2.75) is 28.9 Å². The summed E-state index contributed by atoms with van der Waals surface area (Å²) < 4.78 is 67.3. The highest BCUT2D eigenvalue weighted by atomic mass is 32.2. The average Bonchev–Trinajstić information content (AvgIpc) is 3.29. The SMILES string of the molecule is CSc1cc2c(cc1Nc1ncc(C(F)(F)F)c(-c3cc4c(s3)C(=O)N(C)CCS4(=O)=O)n1)CCNC2. The minimum atomic E-state index is -4.79. The van der Waals surface area contributed by atoms with Crippen LogP contribution in [0.25, 0.3) is 10.6 Å². The summed E-state index contributed by atoms with van der Waals surface area (Å²) in [4.78, 5) is 22.5. The van der Waals surface area contributed by atoms with E-state index in [1.807, 2.05) is 18.4 Å². The average molecular weight is 570 g/mol. The van der Waals surface area contributed by atoms with E-state index in [0.29, 0.717) is 23.2 Å². The first-order valence-electron chi connectivity index (χ1n) is 11.2. The normalized spacial score (nSPS) is 17.2. The van der Waals surface area contributed by atoms with Gasteiger partial charge in [-0.3, -0.25) is 4.79 Å². The molecule has 2 aliphatic rings. The van der Waals surface area contributed by atoms with Crippen molar-refractivity contribution in [2.24, 2.45) is 0 Å². The molecule has 0 aliphatic carbocycles. The number of carbonyl (C=O) groups is 1. The van der Waals surface area contributed by atoms with Crippen molar-refractivity contribution >= 4 is 50.5 Å². The molecular weight excluding hydrogens is 547 g/mol. The monoisotopic (exact) mass is 569 g/mol. The van der Waals surface area contributed by atoms with E-state index in [1.54, 1.807) is 0 Å². The molecule has 14 heteroatoms. The lowest BCUT2D eigenvalue weighted by Gasteiger charge is -2.20. The zero-order valence-electron chi connectivity index (χ0n) is 19.8. The number of sulfone groups is 1. The van der Waals surface area contributed by atoms with Crippen LogP contribution in [0.3, 0.4) is 0 Å². The molecule has 2 aromatic heterocycles. The molecule has 0 saturated carbocycles. The number of aromatic nitrogens is 2. The zero-order valence-corrected chi connectivity index (χ0v) is 22.2. The number of hydrogen-bond acceptors (Lipinski definition) is 9. The van der Waals surface area contributed by atoms with Crippen LogP contribution >= 0.6 is 23.1 Å². The van der Waals surface area contributed by atoms with Crippen LogP contribution in [0, 0.1) is 0 Å². The molecule has 0 saturated heterocycles. The van der Waals surface area contributed by atoms with Gasteiger partial charge in [-0.25, -0.2) is 18.4 Å². The number of benzene rings is 1. The fraction of sp³-hybridized carbons (Fsp3) is 0.348. The summed E-state index contributed by atoms with van der Waals surface area (Å²) in [5.74, 6) is -0.935. The van der Waals surface area contributed by atoms with Crippen LogP contribution in [0.2, 0.25) is 0 Å². The first-order chi connectivity index (χ1) is 17.5. The molecule has 37 heavy (non-hydrogen) atoms. The van der Waals surface area contributed by atoms with Gasteiger partial charge in [0.2, 0.25) is 5.95 Å². The molecule has 2 aliphatic heterocycles. The van der Waals surface area contributed by atoms with Gasteiger partial charge in [-0.2, -0.15) is 13.2 Å². The lowest BCUT2D eigenvalue weighted by molar-refractivity contribution is -0.137. The third-order valence-electron chi connectivity index (χ3n) is 6.25. The molecule has 0 unspecified atom stereocenters. The minimum absolute atomic E-state index is 0.00188. The Hall–Kier alpha value is -2.68. The Morgan fingerprint density at radius 2 is 2.00 bits per heavy atom. The van der Waals surface area contributed by atoms with Crippen LogP contribution in [0.4, 0.5) is 24.8 Å². The van der Waals surface area contributed by atoms with Crippen LogP contribution in [-0.2, 0) is 29.0 Å². The van der Waals surface area contributed by atoms with Crippen LogP contribution in [0.15, 0.2) is 34.2 Å². The van der Waals surface area contributed by atoms with Gasteiger partial charge in [-0.05, 0) is 48.5 Å². The van der Waals surface area contributed by atoms with E-state index in [1.165, 1.54) is 23.7 Å². The molecule has 0 spiro atoms. The van der Waals surface area contributed by atoms with Gasteiger partial charge in [0.25, 0.3) is 5.91 Å². The number of nitrogens with one attached hydrogen (secondary N) is 2. The standard InChI is InChI=1S/C23H22F3N5O3S3/c1-31-5-6-37(33,34)18-9-17(36-20(18)21(31)32)19-14(23(24,25)26)11-28-22(30-19)29-15-7-12-3-4-27-10-13(12)8-16(15)35-2/h7-9,11,27H,3-6,10H2,1-2H3,(H,28,29,30). The number of hydrogen-bond donors (Lipinski definition) is 2. The Bertz CT molecular complexity index is 1510. The largest absolute Gasteiger partial charge is 0.420 e. The van der Waals surface area contributed by atoms with Gasteiger partial charge in [0.15, 0.2) is 9.84 Å². The van der Waals surface area contributed by atoms with Gasteiger partial charge in [-0.1, -0.05) is 0 Å². The molecule has 0 fully saturated rings. The van der Waals surface area contributed by atoms with Crippen molar-refractivity contribution < 1.29 is 26.4 Å². The Morgan fingerprint density at radius 3 is 2.73 bits per heavy atom. The highest BCUT2D eigenvalue weighted by Crippen LogP contribution is 2.42. The maximum atomic E-state index is 13.9. The summed E-state index contributed by atoms with van der Waals surface area (Å²) >= 11 is 2.17. The van der Waals surface area contributed by atoms with Crippen molar-refractivity contribution in [3.8, 4) is 10.6 Å². The van der Waals surface area contributed by atoms with Gasteiger partial charge in [0.1, 0.15) is 10.4 Å². The van der Waals surface area contributed by atoms with E-state index in [4.69, 9.17) is 0 Å². The quantitative estimate of drug-likeness (QED) is 0.451. The van der Waals surface area contributed by atoms with E-state index in [-0.39, 0.29) is 32.9 Å². The van der Waals surface area contributed by atoms with E-state index in [2.05, 4.69) is 20.6 Å². The molecule has 1 aromatic carbocycles. The number of anilines is 2. The summed E-state index contributed by atoms with van der Waals surface area (Å²) in [6, 6.07) is 5.10. The number of thioether (sulfide) groups is 1. The van der Waals surface area contributed by atoms with Gasteiger partial charge in [0.05, 0.1) is 26.9 Å². The zero-order chi connectivity index (χ0) is 26.5. The molecule has 3 aromatic rings. The first-order valence-corrected chi connectivity index (χ1v) is 14.9. The molecule has 0 atom stereocenters. The van der Waals surface area contributed by atoms with Crippen molar-refractivity contribution in [3.63, 3.8) is 0 Å². The number of halogens is 3. The van der Waals surface area contributed by atoms with Crippen LogP contribution in [-0.4, -0.2) is 61.3 Å². The van der Waals surface area contributed by atoms with Crippen LogP contribution < -0.4 is 10.6 Å². The summed E-state index contributed by atoms with van der Waals surface area (Å²) in [6.45, 7) is 1.57. The number of nitrogens with zero attached hydrogens (tertiary/aromatic N) is 3. The van der Waals surface area contributed by atoms with Gasteiger partial charge < -0.3 is 15.5 Å². The molecular formula is C23H22F3N5O3S3. The lowest BCUT2D eigenvalue weighted by Crippen LogP contribution is -2.27. The van der Waals surface area contributed by atoms with Gasteiger partial charge >= 0.3 is 6.18 Å². The van der Waals surface area contributed by atoms with E-state index in [9.17, 15) is 26.4 Å². The number of amides is 1. The third kappa shape index (κ3) is 4.94. The topological polar surface area (TPSA) is 104 Å². The molecule has 8 nitrogen and oxygen atoms in total. The fourth-order valence-electron chi connectivity index (χ4n) is 4.25. The lowest BCUT2D eigenvalue weighted by atomic mass is 10.0. The Kier molecular flexibility index (Phi) is 6.71. The molecule has 0 bridgehead atoms. The molecule has 196 valence electrons. The fourth-order valence-corrected chi connectivity index (χ4v) is 7.87. The number of alkyl halides is 3. The van der Waals surface area contributed by atoms with Gasteiger partial charge in [0, 0.05) is 31.2 Å². The first kappa shape index (κ1) is 25.9. The van der Waals surface area contributed by atoms with Crippen molar-refractivity contribution in [1.29, 1.82) is 0 Å². The molecule has 2 N–H and O–H groups in total. The second-order valence-electron chi connectivity index (χ2n) is 8.68. The molecule has 0 radical (unpaired) electrons. The molecule has 5 rings (SSSR count). The maximum Gasteiger partial charge on any atom is 0.420 e. The van der Waals surface area contributed by atoms with Crippen molar-refractivity contribution in [1.82, 2.24) is 20.2 Å². The van der Waals surface area contributed by atoms with E-state index >= 15 is 0 Å².